The van der Waals surface area contributed by atoms with E-state index < -0.39 is 0 Å². The minimum absolute atomic E-state index is 0.0194. The Morgan fingerprint density at radius 2 is 2.07 bits per heavy atom. The summed E-state index contributed by atoms with van der Waals surface area (Å²) in [4.78, 5) is 17.7. The largest absolute Gasteiger partial charge is 0.454 e. The summed E-state index contributed by atoms with van der Waals surface area (Å²) in [5, 5.41) is 7.24. The molecule has 0 radical (unpaired) electrons. The highest BCUT2D eigenvalue weighted by Crippen LogP contribution is 2.39. The second kappa shape index (κ2) is 6.99. The van der Waals surface area contributed by atoms with E-state index in [4.69, 9.17) is 9.47 Å². The first kappa shape index (κ1) is 16.8. The quantitative estimate of drug-likeness (QED) is 0.718. The summed E-state index contributed by atoms with van der Waals surface area (Å²) in [6.07, 6.45) is 0.992. The van der Waals surface area contributed by atoms with E-state index >= 15 is 0 Å². The van der Waals surface area contributed by atoms with Gasteiger partial charge in [-0.05, 0) is 47.0 Å². The molecule has 1 amide bonds. The standard InChI is InChI=1S/C20H18N2O3S2/c23-19(21-13-3-4-15-16(10-13)25-12-24-15)11-22-7-5-17-14(6-9-27-17)20(22)18-2-1-8-26-18/h1-4,6,8-10,20H,5,7,11-12H2,(H,21,23)/t20-/m0/s1. The summed E-state index contributed by atoms with van der Waals surface area (Å²) < 4.78 is 10.7. The molecule has 2 aromatic heterocycles. The van der Waals surface area contributed by atoms with Crippen LogP contribution in [-0.4, -0.2) is 30.7 Å². The maximum Gasteiger partial charge on any atom is 0.238 e. The number of carbonyl (C=O) groups excluding carboxylic acids is 1. The molecular formula is C20H18N2O3S2. The van der Waals surface area contributed by atoms with Gasteiger partial charge >= 0.3 is 0 Å². The molecule has 0 saturated carbocycles. The van der Waals surface area contributed by atoms with Crippen molar-refractivity contribution in [2.24, 2.45) is 0 Å². The van der Waals surface area contributed by atoms with E-state index in [2.05, 4.69) is 39.2 Å². The number of hydrogen-bond acceptors (Lipinski definition) is 6. The van der Waals surface area contributed by atoms with E-state index in [1.165, 1.54) is 15.3 Å². The molecule has 2 aliphatic heterocycles. The van der Waals surface area contributed by atoms with Gasteiger partial charge in [0.2, 0.25) is 12.7 Å². The second-order valence-corrected chi connectivity index (χ2v) is 8.53. The van der Waals surface area contributed by atoms with Gasteiger partial charge in [0.05, 0.1) is 12.6 Å². The molecule has 1 N–H and O–H groups in total. The third-order valence-corrected chi connectivity index (χ3v) is 6.80. The van der Waals surface area contributed by atoms with E-state index in [1.807, 2.05) is 29.5 Å². The molecule has 0 unspecified atom stereocenters. The molecule has 0 bridgehead atoms. The van der Waals surface area contributed by atoms with Crippen LogP contribution in [0, 0.1) is 0 Å². The number of thiophene rings is 2. The lowest BCUT2D eigenvalue weighted by molar-refractivity contribution is -0.117. The molecule has 3 aromatic rings. The average Bonchev–Trinajstić information content (AvgIpc) is 3.42. The van der Waals surface area contributed by atoms with Crippen LogP contribution in [-0.2, 0) is 11.2 Å². The predicted octanol–water partition coefficient (Wildman–Crippen LogP) is 4.12. The van der Waals surface area contributed by atoms with Crippen molar-refractivity contribution in [3.63, 3.8) is 0 Å². The maximum atomic E-state index is 12.7. The molecule has 7 heteroatoms. The van der Waals surface area contributed by atoms with Crippen LogP contribution in [0.5, 0.6) is 11.5 Å². The van der Waals surface area contributed by atoms with Gasteiger partial charge in [0.15, 0.2) is 11.5 Å². The molecule has 138 valence electrons. The van der Waals surface area contributed by atoms with Crippen LogP contribution in [0.15, 0.2) is 47.2 Å². The van der Waals surface area contributed by atoms with E-state index in [1.54, 1.807) is 11.3 Å². The number of ether oxygens (including phenoxy) is 2. The van der Waals surface area contributed by atoms with Crippen molar-refractivity contribution in [2.75, 3.05) is 25.2 Å². The highest BCUT2D eigenvalue weighted by molar-refractivity contribution is 7.10. The van der Waals surface area contributed by atoms with E-state index in [9.17, 15) is 4.79 Å². The normalized spacial score (nSPS) is 18.3. The molecule has 5 rings (SSSR count). The zero-order valence-corrected chi connectivity index (χ0v) is 16.1. The van der Waals surface area contributed by atoms with E-state index in [-0.39, 0.29) is 18.7 Å². The first-order valence-electron chi connectivity index (χ1n) is 8.81. The fourth-order valence-corrected chi connectivity index (χ4v) is 5.46. The van der Waals surface area contributed by atoms with Gasteiger partial charge in [-0.1, -0.05) is 6.07 Å². The minimum Gasteiger partial charge on any atom is -0.454 e. The number of nitrogens with one attached hydrogen (secondary N) is 1. The summed E-state index contributed by atoms with van der Waals surface area (Å²) in [5.74, 6) is 1.37. The van der Waals surface area contributed by atoms with E-state index in [0.29, 0.717) is 18.0 Å². The third-order valence-electron chi connectivity index (χ3n) is 4.88. The number of carbonyl (C=O) groups is 1. The van der Waals surface area contributed by atoms with Gasteiger partial charge in [-0.3, -0.25) is 9.69 Å². The molecule has 0 aliphatic carbocycles. The van der Waals surface area contributed by atoms with Gasteiger partial charge in [0, 0.05) is 28.1 Å². The SMILES string of the molecule is O=C(CN1CCc2sccc2[C@H]1c1cccs1)Nc1ccc2c(c1)OCO2. The third kappa shape index (κ3) is 3.22. The van der Waals surface area contributed by atoms with Crippen LogP contribution in [0.3, 0.4) is 0 Å². The number of amides is 1. The summed E-state index contributed by atoms with van der Waals surface area (Å²) in [5.41, 5.74) is 2.06. The summed E-state index contributed by atoms with van der Waals surface area (Å²) >= 11 is 3.56. The lowest BCUT2D eigenvalue weighted by Gasteiger charge is -2.34. The highest BCUT2D eigenvalue weighted by atomic mass is 32.1. The van der Waals surface area contributed by atoms with Crippen molar-refractivity contribution < 1.29 is 14.3 Å². The first-order valence-corrected chi connectivity index (χ1v) is 10.6. The molecule has 1 aromatic carbocycles. The number of anilines is 1. The van der Waals surface area contributed by atoms with Gasteiger partial charge in [-0.2, -0.15) is 0 Å². The Morgan fingerprint density at radius 1 is 1.15 bits per heavy atom. The van der Waals surface area contributed by atoms with Gasteiger partial charge in [-0.25, -0.2) is 0 Å². The summed E-state index contributed by atoms with van der Waals surface area (Å²) in [6.45, 7) is 1.46. The fourth-order valence-electron chi connectivity index (χ4n) is 3.68. The molecule has 0 fully saturated rings. The van der Waals surface area contributed by atoms with Gasteiger partial charge in [-0.15, -0.1) is 22.7 Å². The molecule has 2 aliphatic rings. The minimum atomic E-state index is -0.0194. The zero-order valence-electron chi connectivity index (χ0n) is 14.5. The van der Waals surface area contributed by atoms with Gasteiger partial charge in [0.25, 0.3) is 0 Å². The van der Waals surface area contributed by atoms with Crippen LogP contribution in [0.1, 0.15) is 21.4 Å². The number of hydrogen-bond donors (Lipinski definition) is 1. The van der Waals surface area contributed by atoms with Crippen LogP contribution in [0.4, 0.5) is 5.69 Å². The van der Waals surface area contributed by atoms with Crippen molar-refractivity contribution in [2.45, 2.75) is 12.5 Å². The summed E-state index contributed by atoms with van der Waals surface area (Å²) in [7, 11) is 0. The van der Waals surface area contributed by atoms with Gasteiger partial charge in [0.1, 0.15) is 0 Å². The lowest BCUT2D eigenvalue weighted by atomic mass is 9.98. The van der Waals surface area contributed by atoms with Crippen molar-refractivity contribution in [3.05, 3.63) is 62.5 Å². The van der Waals surface area contributed by atoms with Crippen LogP contribution < -0.4 is 14.8 Å². The molecular weight excluding hydrogens is 380 g/mol. The predicted molar refractivity (Wildman–Crippen MR) is 107 cm³/mol. The first-order chi connectivity index (χ1) is 13.3. The Balaban J connectivity index is 1.34. The van der Waals surface area contributed by atoms with Crippen molar-refractivity contribution in [1.29, 1.82) is 0 Å². The van der Waals surface area contributed by atoms with Crippen LogP contribution >= 0.6 is 22.7 Å². The number of benzene rings is 1. The fraction of sp³-hybridized carbons (Fsp3) is 0.250. The Labute approximate surface area is 165 Å². The van der Waals surface area contributed by atoms with E-state index in [0.717, 1.165) is 18.7 Å². The Morgan fingerprint density at radius 3 is 2.96 bits per heavy atom. The van der Waals surface area contributed by atoms with Crippen molar-refractivity contribution >= 4 is 34.3 Å². The maximum absolute atomic E-state index is 12.7. The molecule has 4 heterocycles. The van der Waals surface area contributed by atoms with Crippen molar-refractivity contribution in [3.8, 4) is 11.5 Å². The molecule has 0 spiro atoms. The average molecular weight is 399 g/mol. The molecule has 0 saturated heterocycles. The zero-order chi connectivity index (χ0) is 18.2. The Bertz CT molecular complexity index is 968. The second-order valence-electron chi connectivity index (χ2n) is 6.55. The monoisotopic (exact) mass is 398 g/mol. The number of fused-ring (bicyclic) bond motifs is 2. The van der Waals surface area contributed by atoms with Crippen LogP contribution in [0.2, 0.25) is 0 Å². The van der Waals surface area contributed by atoms with Crippen LogP contribution in [0.25, 0.3) is 0 Å². The highest BCUT2D eigenvalue weighted by Gasteiger charge is 2.31. The smallest absolute Gasteiger partial charge is 0.238 e. The Hall–Kier alpha value is -2.35. The Kier molecular flexibility index (Phi) is 4.35. The molecule has 27 heavy (non-hydrogen) atoms. The number of nitrogens with zero attached hydrogens (tertiary/aromatic N) is 1. The topological polar surface area (TPSA) is 50.8 Å². The van der Waals surface area contributed by atoms with Crippen molar-refractivity contribution in [1.82, 2.24) is 4.90 Å². The molecule has 5 nitrogen and oxygen atoms in total. The summed E-state index contributed by atoms with van der Waals surface area (Å²) in [6, 6.07) is 12.1. The number of rotatable bonds is 4. The van der Waals surface area contributed by atoms with Gasteiger partial charge < -0.3 is 14.8 Å². The molecule has 1 atom stereocenters. The lowest BCUT2D eigenvalue weighted by Crippen LogP contribution is -2.40.